The molecule has 1 aromatic heterocycles. The molecule has 0 aliphatic carbocycles. The Morgan fingerprint density at radius 3 is 2.45 bits per heavy atom. The number of anilines is 2. The second-order valence-electron chi connectivity index (χ2n) is 4.37. The fourth-order valence-electron chi connectivity index (χ4n) is 1.63. The highest BCUT2D eigenvalue weighted by Crippen LogP contribution is 2.18. The van der Waals surface area contributed by atoms with Gasteiger partial charge in [-0.2, -0.15) is 0 Å². The van der Waals surface area contributed by atoms with Gasteiger partial charge in [0.15, 0.2) is 5.76 Å². The summed E-state index contributed by atoms with van der Waals surface area (Å²) in [5.41, 5.74) is 1.54. The minimum atomic E-state index is -1.21. The minimum absolute atomic E-state index is 0.0438. The van der Waals surface area contributed by atoms with E-state index in [0.717, 1.165) is 5.69 Å². The van der Waals surface area contributed by atoms with E-state index in [1.54, 1.807) is 12.1 Å². The monoisotopic (exact) mass is 274 g/mol. The quantitative estimate of drug-likeness (QED) is 0.893. The van der Waals surface area contributed by atoms with E-state index < -0.39 is 11.9 Å². The van der Waals surface area contributed by atoms with Crippen molar-refractivity contribution < 1.29 is 19.1 Å². The number of hydrogen-bond donors (Lipinski definition) is 2. The van der Waals surface area contributed by atoms with Crippen LogP contribution in [0.4, 0.5) is 11.4 Å². The van der Waals surface area contributed by atoms with E-state index in [1.807, 2.05) is 31.1 Å². The Bertz CT molecular complexity index is 646. The third kappa shape index (κ3) is 2.97. The molecule has 1 heterocycles. The van der Waals surface area contributed by atoms with Gasteiger partial charge >= 0.3 is 5.97 Å². The Hall–Kier alpha value is -2.76. The lowest BCUT2D eigenvalue weighted by Crippen LogP contribution is -2.12. The second-order valence-corrected chi connectivity index (χ2v) is 4.37. The Labute approximate surface area is 115 Å². The molecular weight excluding hydrogens is 260 g/mol. The molecule has 2 N–H and O–H groups in total. The first-order valence-electron chi connectivity index (χ1n) is 5.89. The summed E-state index contributed by atoms with van der Waals surface area (Å²) >= 11 is 0. The molecule has 0 aliphatic heterocycles. The van der Waals surface area contributed by atoms with Gasteiger partial charge in [0.1, 0.15) is 0 Å². The summed E-state index contributed by atoms with van der Waals surface area (Å²) in [7, 11) is 3.79. The summed E-state index contributed by atoms with van der Waals surface area (Å²) < 4.78 is 4.93. The molecule has 0 saturated carbocycles. The van der Waals surface area contributed by atoms with Crippen molar-refractivity contribution in [1.29, 1.82) is 0 Å². The Kier molecular flexibility index (Phi) is 3.74. The van der Waals surface area contributed by atoms with Gasteiger partial charge in [-0.05, 0) is 30.3 Å². The van der Waals surface area contributed by atoms with Crippen LogP contribution in [0.2, 0.25) is 0 Å². The Morgan fingerprint density at radius 1 is 1.15 bits per heavy atom. The molecule has 0 fully saturated rings. The van der Waals surface area contributed by atoms with Crippen molar-refractivity contribution >= 4 is 23.3 Å². The number of nitrogens with one attached hydrogen (secondary N) is 1. The van der Waals surface area contributed by atoms with Crippen molar-refractivity contribution in [2.24, 2.45) is 0 Å². The van der Waals surface area contributed by atoms with Crippen LogP contribution >= 0.6 is 0 Å². The summed E-state index contributed by atoms with van der Waals surface area (Å²) in [6.07, 6.45) is 0. The first-order valence-corrected chi connectivity index (χ1v) is 5.89. The normalized spacial score (nSPS) is 10.1. The summed E-state index contributed by atoms with van der Waals surface area (Å²) in [6.45, 7) is 0. The Morgan fingerprint density at radius 2 is 1.85 bits per heavy atom. The molecule has 6 heteroatoms. The van der Waals surface area contributed by atoms with E-state index in [1.165, 1.54) is 12.1 Å². The summed E-state index contributed by atoms with van der Waals surface area (Å²) in [5, 5.41) is 11.4. The number of amides is 1. The molecule has 1 amide bonds. The molecule has 6 nitrogen and oxygen atoms in total. The number of carboxylic acids is 1. The van der Waals surface area contributed by atoms with Gasteiger partial charge in [0.05, 0.1) is 0 Å². The molecule has 2 aromatic rings. The average Bonchev–Trinajstić information content (AvgIpc) is 2.88. The maximum Gasteiger partial charge on any atom is 0.371 e. The molecule has 2 rings (SSSR count). The molecule has 0 saturated heterocycles. The Balaban J connectivity index is 2.14. The van der Waals surface area contributed by atoms with Gasteiger partial charge in [-0.3, -0.25) is 4.79 Å². The minimum Gasteiger partial charge on any atom is -0.475 e. The molecule has 104 valence electrons. The van der Waals surface area contributed by atoms with E-state index in [2.05, 4.69) is 5.32 Å². The van der Waals surface area contributed by atoms with Crippen LogP contribution in [0.3, 0.4) is 0 Å². The van der Waals surface area contributed by atoms with Crippen LogP contribution in [-0.4, -0.2) is 31.1 Å². The first kappa shape index (κ1) is 13.7. The largest absolute Gasteiger partial charge is 0.475 e. The van der Waals surface area contributed by atoms with Gasteiger partial charge in [-0.25, -0.2) is 4.79 Å². The third-order valence-electron chi connectivity index (χ3n) is 2.66. The van der Waals surface area contributed by atoms with E-state index in [4.69, 9.17) is 9.52 Å². The fourth-order valence-corrected chi connectivity index (χ4v) is 1.63. The van der Waals surface area contributed by atoms with E-state index in [-0.39, 0.29) is 11.5 Å². The van der Waals surface area contributed by atoms with Crippen molar-refractivity contribution in [3.05, 3.63) is 47.9 Å². The molecule has 0 bridgehead atoms. The first-order chi connectivity index (χ1) is 9.47. The van der Waals surface area contributed by atoms with Crippen molar-refractivity contribution in [1.82, 2.24) is 0 Å². The number of rotatable bonds is 4. The van der Waals surface area contributed by atoms with Gasteiger partial charge in [0, 0.05) is 25.5 Å². The molecule has 20 heavy (non-hydrogen) atoms. The van der Waals surface area contributed by atoms with Crippen molar-refractivity contribution in [2.45, 2.75) is 0 Å². The van der Waals surface area contributed by atoms with Crippen LogP contribution in [0.1, 0.15) is 21.1 Å². The van der Waals surface area contributed by atoms with Gasteiger partial charge in [0.2, 0.25) is 5.76 Å². The zero-order valence-electron chi connectivity index (χ0n) is 11.1. The van der Waals surface area contributed by atoms with Crippen LogP contribution < -0.4 is 10.2 Å². The SMILES string of the molecule is CN(C)c1cccc(NC(=O)c2ccc(C(=O)O)o2)c1. The predicted octanol–water partition coefficient (Wildman–Crippen LogP) is 2.30. The number of carbonyl (C=O) groups excluding carboxylic acids is 1. The van der Waals surface area contributed by atoms with Crippen molar-refractivity contribution in [3.63, 3.8) is 0 Å². The molecule has 0 spiro atoms. The van der Waals surface area contributed by atoms with Gasteiger partial charge in [0.25, 0.3) is 5.91 Å². The molecular formula is C14H14N2O4. The van der Waals surface area contributed by atoms with Crippen molar-refractivity contribution in [2.75, 3.05) is 24.3 Å². The molecule has 1 aromatic carbocycles. The number of benzene rings is 1. The van der Waals surface area contributed by atoms with Crippen LogP contribution in [0.25, 0.3) is 0 Å². The van der Waals surface area contributed by atoms with Crippen molar-refractivity contribution in [3.8, 4) is 0 Å². The number of furan rings is 1. The lowest BCUT2D eigenvalue weighted by Gasteiger charge is -2.13. The van der Waals surface area contributed by atoms with E-state index in [9.17, 15) is 9.59 Å². The molecule has 0 atom stereocenters. The highest BCUT2D eigenvalue weighted by atomic mass is 16.4. The molecule has 0 unspecified atom stereocenters. The van der Waals surface area contributed by atoms with E-state index >= 15 is 0 Å². The third-order valence-corrected chi connectivity index (χ3v) is 2.66. The summed E-state index contributed by atoms with van der Waals surface area (Å²) in [6, 6.07) is 9.84. The summed E-state index contributed by atoms with van der Waals surface area (Å²) in [4.78, 5) is 24.5. The van der Waals surface area contributed by atoms with Crippen LogP contribution in [0.5, 0.6) is 0 Å². The lowest BCUT2D eigenvalue weighted by atomic mass is 10.2. The number of hydrogen-bond acceptors (Lipinski definition) is 4. The highest BCUT2D eigenvalue weighted by Gasteiger charge is 2.15. The van der Waals surface area contributed by atoms with Crippen LogP contribution in [0.15, 0.2) is 40.8 Å². The highest BCUT2D eigenvalue weighted by molar-refractivity contribution is 6.03. The van der Waals surface area contributed by atoms with E-state index in [0.29, 0.717) is 5.69 Å². The average molecular weight is 274 g/mol. The zero-order chi connectivity index (χ0) is 14.7. The second kappa shape index (κ2) is 5.48. The van der Waals surface area contributed by atoms with Gasteiger partial charge in [-0.15, -0.1) is 0 Å². The fraction of sp³-hybridized carbons (Fsp3) is 0.143. The number of aromatic carboxylic acids is 1. The zero-order valence-corrected chi connectivity index (χ0v) is 11.1. The van der Waals surface area contributed by atoms with Gasteiger partial charge in [-0.1, -0.05) is 6.07 Å². The van der Waals surface area contributed by atoms with Crippen LogP contribution in [-0.2, 0) is 0 Å². The summed E-state index contributed by atoms with van der Waals surface area (Å²) in [5.74, 6) is -2.01. The van der Waals surface area contributed by atoms with Crippen LogP contribution in [0, 0.1) is 0 Å². The topological polar surface area (TPSA) is 82.8 Å². The lowest BCUT2D eigenvalue weighted by molar-refractivity contribution is 0.0660. The van der Waals surface area contributed by atoms with Gasteiger partial charge < -0.3 is 19.7 Å². The maximum atomic E-state index is 11.9. The number of nitrogens with zero attached hydrogens (tertiary/aromatic N) is 1. The maximum absolute atomic E-state index is 11.9. The molecule has 0 aliphatic rings. The smallest absolute Gasteiger partial charge is 0.371 e. The number of carboxylic acid groups (broad SMARTS) is 1. The molecule has 0 radical (unpaired) electrons. The predicted molar refractivity (Wildman–Crippen MR) is 74.4 cm³/mol. The number of carbonyl (C=O) groups is 2. The standard InChI is InChI=1S/C14H14N2O4/c1-16(2)10-5-3-4-9(8-10)15-13(17)11-6-7-12(20-11)14(18)19/h3-8H,1-2H3,(H,15,17)(H,18,19).